The highest BCUT2D eigenvalue weighted by molar-refractivity contribution is 5.91. The van der Waals surface area contributed by atoms with Crippen molar-refractivity contribution < 1.29 is 27.9 Å². The van der Waals surface area contributed by atoms with Crippen LogP contribution in [0.2, 0.25) is 0 Å². The fourth-order valence-corrected chi connectivity index (χ4v) is 3.11. The summed E-state index contributed by atoms with van der Waals surface area (Å²) in [6.07, 6.45) is -5.74. The number of aliphatic carboxylic acids is 1. The van der Waals surface area contributed by atoms with Crippen LogP contribution in [0.25, 0.3) is 10.8 Å². The average molecular weight is 351 g/mol. The third-order valence-corrected chi connectivity index (χ3v) is 4.40. The second-order valence-corrected chi connectivity index (χ2v) is 6.24. The molecule has 2 aromatic rings. The number of carbonyl (C=O) groups excluding carboxylic acids is 1. The van der Waals surface area contributed by atoms with E-state index >= 15 is 0 Å². The van der Waals surface area contributed by atoms with Gasteiger partial charge in [-0.2, -0.15) is 13.2 Å². The number of rotatable bonds is 5. The first-order valence-electron chi connectivity index (χ1n) is 7.84. The highest BCUT2D eigenvalue weighted by Crippen LogP contribution is 2.49. The van der Waals surface area contributed by atoms with E-state index in [1.165, 1.54) is 0 Å². The van der Waals surface area contributed by atoms with Crippen LogP contribution in [0.4, 0.5) is 13.2 Å². The molecule has 0 aliphatic heterocycles. The zero-order chi connectivity index (χ0) is 18.2. The molecule has 3 rings (SSSR count). The Morgan fingerprint density at radius 3 is 2.52 bits per heavy atom. The molecule has 1 fully saturated rings. The van der Waals surface area contributed by atoms with Crippen molar-refractivity contribution in [2.75, 3.05) is 0 Å². The Morgan fingerprint density at radius 1 is 1.16 bits per heavy atom. The fourth-order valence-electron chi connectivity index (χ4n) is 3.11. The molecule has 7 heteroatoms. The molecule has 2 N–H and O–H groups in total. The second kappa shape index (κ2) is 6.38. The second-order valence-electron chi connectivity index (χ2n) is 6.24. The normalized spacial score (nSPS) is 20.9. The van der Waals surface area contributed by atoms with E-state index in [1.54, 1.807) is 0 Å². The molecule has 3 atom stereocenters. The number of benzene rings is 2. The summed E-state index contributed by atoms with van der Waals surface area (Å²) in [4.78, 5) is 23.2. The molecule has 2 aromatic carbocycles. The van der Waals surface area contributed by atoms with E-state index in [0.29, 0.717) is 6.42 Å². The first kappa shape index (κ1) is 17.3. The third-order valence-electron chi connectivity index (χ3n) is 4.40. The summed E-state index contributed by atoms with van der Waals surface area (Å²) in [7, 11) is 0. The van der Waals surface area contributed by atoms with Crippen LogP contribution in [-0.2, 0) is 9.59 Å². The summed E-state index contributed by atoms with van der Waals surface area (Å²) in [6.45, 7) is 0. The molecule has 0 bridgehead atoms. The van der Waals surface area contributed by atoms with E-state index in [2.05, 4.69) is 0 Å². The van der Waals surface area contributed by atoms with Gasteiger partial charge in [0.05, 0.1) is 6.42 Å². The molecular formula is C18H16F3NO3. The Morgan fingerprint density at radius 2 is 1.84 bits per heavy atom. The number of amides is 1. The Labute approximate surface area is 141 Å². The number of alkyl halides is 3. The van der Waals surface area contributed by atoms with Gasteiger partial charge in [-0.15, -0.1) is 0 Å². The van der Waals surface area contributed by atoms with Crippen molar-refractivity contribution >= 4 is 22.6 Å². The first-order valence-corrected chi connectivity index (χ1v) is 7.84. The van der Waals surface area contributed by atoms with Gasteiger partial charge in [-0.05, 0) is 28.7 Å². The maximum absolute atomic E-state index is 12.4. The summed E-state index contributed by atoms with van der Waals surface area (Å²) in [6, 6.07) is 11.4. The van der Waals surface area contributed by atoms with Crippen molar-refractivity contribution in [2.45, 2.75) is 31.0 Å². The summed E-state index contributed by atoms with van der Waals surface area (Å²) in [5.41, 5.74) is 0.959. The summed E-state index contributed by atoms with van der Waals surface area (Å²) in [5.74, 6) is -2.94. The van der Waals surface area contributed by atoms with Crippen LogP contribution in [0.1, 0.15) is 24.3 Å². The van der Waals surface area contributed by atoms with Crippen LogP contribution < -0.4 is 5.32 Å². The van der Waals surface area contributed by atoms with Crippen LogP contribution in [0, 0.1) is 5.92 Å². The van der Waals surface area contributed by atoms with Gasteiger partial charge in [0.25, 0.3) is 0 Å². The number of nitrogens with one attached hydrogen (secondary N) is 1. The van der Waals surface area contributed by atoms with E-state index in [1.807, 2.05) is 47.8 Å². The van der Waals surface area contributed by atoms with Crippen LogP contribution in [0.5, 0.6) is 0 Å². The van der Waals surface area contributed by atoms with Crippen molar-refractivity contribution in [1.29, 1.82) is 0 Å². The maximum atomic E-state index is 12.4. The Kier molecular flexibility index (Phi) is 4.41. The van der Waals surface area contributed by atoms with Gasteiger partial charge >= 0.3 is 12.1 Å². The van der Waals surface area contributed by atoms with Gasteiger partial charge in [0.15, 0.2) is 0 Å². The van der Waals surface area contributed by atoms with E-state index < -0.39 is 36.4 Å². The molecule has 1 saturated carbocycles. The lowest BCUT2D eigenvalue weighted by Crippen LogP contribution is -2.44. The van der Waals surface area contributed by atoms with Gasteiger partial charge in [-0.1, -0.05) is 42.5 Å². The zero-order valence-electron chi connectivity index (χ0n) is 13.1. The SMILES string of the molecule is O=C(O)C(CC(F)(F)F)NC(=O)C1CC1c1cccc2ccccc12. The number of fused-ring (bicyclic) bond motifs is 1. The third kappa shape index (κ3) is 3.92. The van der Waals surface area contributed by atoms with Crippen molar-refractivity contribution in [1.82, 2.24) is 5.32 Å². The van der Waals surface area contributed by atoms with Crippen molar-refractivity contribution in [3.63, 3.8) is 0 Å². The van der Waals surface area contributed by atoms with Gasteiger partial charge in [0, 0.05) is 5.92 Å². The molecule has 0 radical (unpaired) electrons. The van der Waals surface area contributed by atoms with E-state index in [4.69, 9.17) is 5.11 Å². The molecule has 1 aliphatic carbocycles. The fraction of sp³-hybridized carbons (Fsp3) is 0.333. The zero-order valence-corrected chi connectivity index (χ0v) is 13.1. The molecule has 0 aromatic heterocycles. The quantitative estimate of drug-likeness (QED) is 0.867. The smallest absolute Gasteiger partial charge is 0.391 e. The largest absolute Gasteiger partial charge is 0.480 e. The number of halogens is 3. The molecule has 25 heavy (non-hydrogen) atoms. The lowest BCUT2D eigenvalue weighted by Gasteiger charge is -2.16. The molecule has 4 nitrogen and oxygen atoms in total. The molecule has 1 aliphatic rings. The number of hydrogen-bond acceptors (Lipinski definition) is 2. The van der Waals surface area contributed by atoms with Crippen LogP contribution in [-0.4, -0.2) is 29.2 Å². The lowest BCUT2D eigenvalue weighted by molar-refractivity contribution is -0.160. The number of carbonyl (C=O) groups is 2. The highest BCUT2D eigenvalue weighted by Gasteiger charge is 2.46. The number of hydrogen-bond donors (Lipinski definition) is 2. The van der Waals surface area contributed by atoms with E-state index in [9.17, 15) is 22.8 Å². The Balaban J connectivity index is 1.72. The van der Waals surface area contributed by atoms with Gasteiger partial charge < -0.3 is 10.4 Å². The lowest BCUT2D eigenvalue weighted by atomic mass is 10.00. The Bertz CT molecular complexity index is 813. The summed E-state index contributed by atoms with van der Waals surface area (Å²) in [5, 5.41) is 12.9. The topological polar surface area (TPSA) is 66.4 Å². The minimum absolute atomic E-state index is 0.105. The molecule has 1 amide bonds. The van der Waals surface area contributed by atoms with Crippen LogP contribution in [0.15, 0.2) is 42.5 Å². The number of carboxylic acid groups (broad SMARTS) is 1. The van der Waals surface area contributed by atoms with Gasteiger partial charge in [-0.3, -0.25) is 4.79 Å². The maximum Gasteiger partial charge on any atom is 0.391 e. The van der Waals surface area contributed by atoms with Gasteiger partial charge in [0.1, 0.15) is 6.04 Å². The standard InChI is InChI=1S/C18H16F3NO3/c19-18(20,21)9-15(17(24)25)22-16(23)14-8-13(14)12-7-3-5-10-4-1-2-6-11(10)12/h1-7,13-15H,8-9H2,(H,22,23)(H,24,25). The predicted octanol–water partition coefficient (Wildman–Crippen LogP) is 3.47. The molecular weight excluding hydrogens is 335 g/mol. The van der Waals surface area contributed by atoms with Crippen molar-refractivity contribution in [3.8, 4) is 0 Å². The van der Waals surface area contributed by atoms with E-state index in [-0.39, 0.29) is 5.92 Å². The predicted molar refractivity (Wildman–Crippen MR) is 85.0 cm³/mol. The first-order chi connectivity index (χ1) is 11.8. The minimum atomic E-state index is -4.66. The molecule has 0 heterocycles. The van der Waals surface area contributed by atoms with Crippen molar-refractivity contribution in [2.24, 2.45) is 5.92 Å². The van der Waals surface area contributed by atoms with Crippen LogP contribution in [0.3, 0.4) is 0 Å². The van der Waals surface area contributed by atoms with Gasteiger partial charge in [-0.25, -0.2) is 4.79 Å². The summed E-state index contributed by atoms with van der Waals surface area (Å²) >= 11 is 0. The molecule has 0 spiro atoms. The highest BCUT2D eigenvalue weighted by atomic mass is 19.4. The van der Waals surface area contributed by atoms with Gasteiger partial charge in [0.2, 0.25) is 5.91 Å². The molecule has 3 unspecified atom stereocenters. The monoisotopic (exact) mass is 351 g/mol. The van der Waals surface area contributed by atoms with Crippen molar-refractivity contribution in [3.05, 3.63) is 48.0 Å². The molecule has 0 saturated heterocycles. The summed E-state index contributed by atoms with van der Waals surface area (Å²) < 4.78 is 37.3. The number of carboxylic acids is 1. The van der Waals surface area contributed by atoms with E-state index in [0.717, 1.165) is 16.3 Å². The molecule has 132 valence electrons. The average Bonchev–Trinajstić information content (AvgIpc) is 3.33. The minimum Gasteiger partial charge on any atom is -0.480 e. The Hall–Kier alpha value is -2.57. The van der Waals surface area contributed by atoms with Crippen LogP contribution >= 0.6 is 0 Å².